The van der Waals surface area contributed by atoms with E-state index < -0.39 is 17.9 Å². The number of carboxylic acids is 3. The van der Waals surface area contributed by atoms with Crippen molar-refractivity contribution < 1.29 is 90.0 Å². The van der Waals surface area contributed by atoms with Crippen LogP contribution >= 0.6 is 0 Å². The Bertz CT molecular complexity index is 6250. The van der Waals surface area contributed by atoms with Gasteiger partial charge in [0, 0.05) is 97.5 Å². The van der Waals surface area contributed by atoms with Crippen molar-refractivity contribution in [3.8, 4) is 44.9 Å². The first kappa shape index (κ1) is 77.1. The summed E-state index contributed by atoms with van der Waals surface area (Å²) in [4.78, 5) is 55.5. The molecule has 1 aliphatic carbocycles. The Hall–Kier alpha value is -12.0. The van der Waals surface area contributed by atoms with E-state index in [4.69, 9.17) is 25.3 Å². The number of carboxylic acid groups (broad SMARTS) is 3. The van der Waals surface area contributed by atoms with E-state index in [-0.39, 0.29) is 82.8 Å². The number of fused-ring (bicyclic) bond motifs is 14. The molecule has 3 radical (unpaired) electrons. The minimum Gasteiger partial charge on any atom is -0.477 e. The van der Waals surface area contributed by atoms with Crippen molar-refractivity contribution in [2.24, 2.45) is 0 Å². The van der Waals surface area contributed by atoms with E-state index in [2.05, 4.69) is 276 Å². The number of hydrogen-bond acceptors (Lipinski definition) is 9. The normalized spacial score (nSPS) is 11.2. The molecule has 0 aliphatic heterocycles. The zero-order valence-corrected chi connectivity index (χ0v) is 65.5. The van der Waals surface area contributed by atoms with Gasteiger partial charge in [-0.15, -0.1) is 87.6 Å². The van der Waals surface area contributed by atoms with Crippen LogP contribution in [0.4, 0.5) is 0 Å². The number of aryl methyl sites for hydroxylation is 1. The van der Waals surface area contributed by atoms with Gasteiger partial charge in [-0.25, -0.2) is 29.3 Å². The molecule has 0 saturated carbocycles. The maximum Gasteiger partial charge on any atom is 0.354 e. The zero-order valence-electron chi connectivity index (χ0n) is 58.3. The van der Waals surface area contributed by atoms with Gasteiger partial charge in [-0.3, -0.25) is 0 Å². The first-order chi connectivity index (χ1) is 51.3. The molecule has 0 fully saturated rings. The molecular weight excluding hydrogens is 1870 g/mol. The average molecular weight is 1940 g/mol. The molecular formula is C93H65Ir3N6O6-3. The molecule has 1 aliphatic rings. The summed E-state index contributed by atoms with van der Waals surface area (Å²) in [5, 5.41) is 44.7. The molecule has 533 valence electrons. The summed E-state index contributed by atoms with van der Waals surface area (Å²) in [7, 11) is 0. The second kappa shape index (κ2) is 34.9. The van der Waals surface area contributed by atoms with Gasteiger partial charge in [0.2, 0.25) is 0 Å². The van der Waals surface area contributed by atoms with E-state index in [0.717, 1.165) is 39.3 Å². The SMILES string of the molecule is CC1(C)c2c[c-]c(-c3nccc4c3ccc3ccccc34)cc2-c2ccccc21.Cc1ccnc(C(=O)O)c1.O=C(O)c1ccccn1.O=C(O)c1ccccn1.[Ir].[Ir].[Ir].[c-]1cc2ccccc2cc1-c1nccc2c1ccc1ccccc12.[c-]1ccc2ccccc2c1-c1nccc2c1ccc1ccccc12. The van der Waals surface area contributed by atoms with Gasteiger partial charge in [0.15, 0.2) is 0 Å². The van der Waals surface area contributed by atoms with E-state index in [1.165, 1.54) is 145 Å². The summed E-state index contributed by atoms with van der Waals surface area (Å²) in [6.07, 6.45) is 10.1. The standard InChI is InChI=1S/C28H20N.2C23H14N.C7H7NO2.2C6H5NO2.3Ir/c1-28(2)25-10-6-5-9-22(25)24-17-19(12-14-26(24)28)27-23-13-11-18-7-3-4-8-20(18)21(23)15-16-29-27;1-4-10-19-16(6-1)8-5-11-21(19)23-22-13-12-17-7-2-3-9-18(17)20(22)14-15-24-23;1-2-7-18-15-19(10-9-16(18)5-1)23-22-12-11-17-6-3-4-8-20(17)21(22)13-14-24-23;1-5-2-3-8-6(4-5)7(9)10;2*8-6(9)5-3-1-2-4-7-5;;;/h3-11,13-17H,1-2H3;1-10,12-15H;1-9,11-15H;2-4H,1H3,(H,9,10);2*1-4H,(H,8,9);;;/q3*-1;;;;;;. The van der Waals surface area contributed by atoms with Gasteiger partial charge >= 0.3 is 17.9 Å². The maximum atomic E-state index is 10.3. The molecule has 12 aromatic carbocycles. The second-order valence-corrected chi connectivity index (χ2v) is 25.4. The van der Waals surface area contributed by atoms with Gasteiger partial charge in [0.1, 0.15) is 17.1 Å². The number of nitrogens with zero attached hydrogens (tertiary/aromatic N) is 6. The second-order valence-electron chi connectivity index (χ2n) is 25.4. The summed E-state index contributed by atoms with van der Waals surface area (Å²) in [5.41, 5.74) is 12.7. The van der Waals surface area contributed by atoms with Crippen LogP contribution in [0.5, 0.6) is 0 Å². The van der Waals surface area contributed by atoms with Crippen LogP contribution in [-0.4, -0.2) is 63.1 Å². The number of carbonyl (C=O) groups is 3. The van der Waals surface area contributed by atoms with Crippen LogP contribution < -0.4 is 0 Å². The van der Waals surface area contributed by atoms with E-state index in [9.17, 15) is 14.4 Å². The molecule has 19 rings (SSSR count). The van der Waals surface area contributed by atoms with Crippen LogP contribution in [0, 0.1) is 25.1 Å². The van der Waals surface area contributed by atoms with Crippen molar-refractivity contribution in [1.29, 1.82) is 0 Å². The van der Waals surface area contributed by atoms with Crippen molar-refractivity contribution in [1.82, 2.24) is 29.9 Å². The monoisotopic (exact) mass is 1940 g/mol. The van der Waals surface area contributed by atoms with Gasteiger partial charge in [-0.2, -0.15) is 0 Å². The van der Waals surface area contributed by atoms with Gasteiger partial charge in [0.05, 0.1) is 0 Å². The van der Waals surface area contributed by atoms with Crippen LogP contribution in [-0.2, 0) is 65.7 Å². The van der Waals surface area contributed by atoms with Gasteiger partial charge < -0.3 is 30.3 Å². The predicted octanol–water partition coefficient (Wildman–Crippen LogP) is 21.8. The Morgan fingerprint density at radius 1 is 0.306 bits per heavy atom. The van der Waals surface area contributed by atoms with Gasteiger partial charge in [-0.1, -0.05) is 224 Å². The molecule has 0 unspecified atom stereocenters. The zero-order chi connectivity index (χ0) is 72.4. The number of benzene rings is 12. The number of pyridine rings is 6. The number of aromatic carboxylic acids is 3. The third-order valence-electron chi connectivity index (χ3n) is 18.6. The first-order valence-electron chi connectivity index (χ1n) is 34.0. The minimum absolute atomic E-state index is 0. The van der Waals surface area contributed by atoms with Crippen molar-refractivity contribution >= 4 is 104 Å². The molecule has 6 heterocycles. The molecule has 12 nitrogen and oxygen atoms in total. The van der Waals surface area contributed by atoms with E-state index >= 15 is 0 Å². The molecule has 0 amide bonds. The van der Waals surface area contributed by atoms with E-state index in [1.807, 2.05) is 37.6 Å². The predicted molar refractivity (Wildman–Crippen MR) is 421 cm³/mol. The molecule has 6 aromatic heterocycles. The van der Waals surface area contributed by atoms with Crippen molar-refractivity contribution in [2.45, 2.75) is 26.2 Å². The molecule has 15 heteroatoms. The Morgan fingerprint density at radius 3 is 1.19 bits per heavy atom. The molecule has 0 bridgehead atoms. The van der Waals surface area contributed by atoms with Crippen molar-refractivity contribution in [3.05, 3.63) is 374 Å². The molecule has 0 saturated heterocycles. The Kier molecular flexibility index (Phi) is 24.9. The van der Waals surface area contributed by atoms with E-state index in [0.29, 0.717) is 0 Å². The van der Waals surface area contributed by atoms with E-state index in [1.54, 1.807) is 30.3 Å². The fraction of sp³-hybridized carbons (Fsp3) is 0.0430. The fourth-order valence-corrected chi connectivity index (χ4v) is 13.5. The van der Waals surface area contributed by atoms with Crippen LogP contribution in [0.1, 0.15) is 62.0 Å². The summed E-state index contributed by atoms with van der Waals surface area (Å²) < 4.78 is 0. The Labute approximate surface area is 664 Å². The smallest absolute Gasteiger partial charge is 0.354 e. The summed E-state index contributed by atoms with van der Waals surface area (Å²) in [5.74, 6) is -2.96. The first-order valence-corrected chi connectivity index (χ1v) is 34.0. The third kappa shape index (κ3) is 16.6. The largest absolute Gasteiger partial charge is 0.477 e. The molecule has 18 aromatic rings. The van der Waals surface area contributed by atoms with Gasteiger partial charge in [-0.05, 0) is 165 Å². The van der Waals surface area contributed by atoms with Crippen molar-refractivity contribution in [3.63, 3.8) is 0 Å². The van der Waals surface area contributed by atoms with Crippen LogP contribution in [0.15, 0.2) is 322 Å². The van der Waals surface area contributed by atoms with Crippen molar-refractivity contribution in [2.75, 3.05) is 0 Å². The third-order valence-corrected chi connectivity index (χ3v) is 18.6. The minimum atomic E-state index is -0.990. The van der Waals surface area contributed by atoms with Crippen LogP contribution in [0.2, 0.25) is 0 Å². The molecule has 3 N–H and O–H groups in total. The van der Waals surface area contributed by atoms with Crippen LogP contribution in [0.3, 0.4) is 0 Å². The number of rotatable bonds is 6. The molecule has 0 spiro atoms. The summed E-state index contributed by atoms with van der Waals surface area (Å²) in [6.45, 7) is 6.43. The summed E-state index contributed by atoms with van der Waals surface area (Å²) >= 11 is 0. The average Bonchev–Trinajstić information content (AvgIpc) is 1.54. The molecule has 108 heavy (non-hydrogen) atoms. The fourth-order valence-electron chi connectivity index (χ4n) is 13.5. The maximum absolute atomic E-state index is 10.3. The van der Waals surface area contributed by atoms with Gasteiger partial charge in [0.25, 0.3) is 0 Å². The Morgan fingerprint density at radius 2 is 0.713 bits per heavy atom. The Balaban J connectivity index is 0.000000136. The molecule has 0 atom stereocenters. The number of aromatic nitrogens is 6. The number of hydrogen-bond donors (Lipinski definition) is 3. The summed E-state index contributed by atoms with van der Waals surface area (Å²) in [6, 6.07) is 106. The van der Waals surface area contributed by atoms with Crippen LogP contribution in [0.25, 0.3) is 131 Å². The topological polar surface area (TPSA) is 189 Å². The quantitative estimate of drug-likeness (QED) is 0.106.